The molecule has 1 atom stereocenters. The Balaban J connectivity index is 2.48. The Labute approximate surface area is 65.7 Å². The molecule has 1 N–H and O–H groups in total. The van der Waals surface area contributed by atoms with Crippen molar-refractivity contribution in [3.8, 4) is 0 Å². The maximum absolute atomic E-state index is 9.13. The fraction of sp³-hybridized carbons (Fsp3) is 0.857. The molecule has 1 aliphatic rings. The number of thioether (sulfide) groups is 1. The molecule has 2 nitrogen and oxygen atoms in total. The van der Waals surface area contributed by atoms with Gasteiger partial charge in [0.2, 0.25) is 0 Å². The zero-order valence-electron chi connectivity index (χ0n) is 6.21. The number of aliphatic hydroxyl groups is 1. The van der Waals surface area contributed by atoms with Crippen LogP contribution in [0.25, 0.3) is 0 Å². The van der Waals surface area contributed by atoms with Gasteiger partial charge in [0.25, 0.3) is 0 Å². The van der Waals surface area contributed by atoms with Crippen LogP contribution >= 0.6 is 11.8 Å². The van der Waals surface area contributed by atoms with Gasteiger partial charge in [-0.1, -0.05) is 0 Å². The van der Waals surface area contributed by atoms with Gasteiger partial charge in [-0.2, -0.15) is 0 Å². The van der Waals surface area contributed by atoms with E-state index in [1.165, 1.54) is 6.42 Å². The van der Waals surface area contributed by atoms with Crippen LogP contribution in [0.5, 0.6) is 0 Å². The number of hydrogen-bond acceptors (Lipinski definition) is 2. The molecule has 0 radical (unpaired) electrons. The van der Waals surface area contributed by atoms with Crippen LogP contribution in [0.4, 0.5) is 0 Å². The summed E-state index contributed by atoms with van der Waals surface area (Å²) in [5.41, 5.74) is 0. The van der Waals surface area contributed by atoms with Gasteiger partial charge in [-0.25, -0.2) is 4.99 Å². The number of nitrogens with zero attached hydrogens (tertiary/aromatic N) is 1. The van der Waals surface area contributed by atoms with Crippen molar-refractivity contribution in [3.05, 3.63) is 0 Å². The summed E-state index contributed by atoms with van der Waals surface area (Å²) >= 11 is 1.72. The predicted molar refractivity (Wildman–Crippen MR) is 45.8 cm³/mol. The van der Waals surface area contributed by atoms with E-state index in [1.807, 2.05) is 6.26 Å². The second kappa shape index (κ2) is 3.86. The van der Waals surface area contributed by atoms with E-state index in [-0.39, 0.29) is 0 Å². The highest BCUT2D eigenvalue weighted by Gasteiger charge is 2.10. The van der Waals surface area contributed by atoms with E-state index in [2.05, 4.69) is 4.99 Å². The zero-order valence-corrected chi connectivity index (χ0v) is 7.02. The first-order chi connectivity index (χ1) is 4.83. The number of hydrogen-bond donors (Lipinski definition) is 1. The first-order valence-corrected chi connectivity index (χ1v) is 4.90. The average molecular weight is 159 g/mol. The van der Waals surface area contributed by atoms with Gasteiger partial charge in [0.15, 0.2) is 5.90 Å². The van der Waals surface area contributed by atoms with Gasteiger partial charge in [0.1, 0.15) is 0 Å². The summed E-state index contributed by atoms with van der Waals surface area (Å²) in [6, 6.07) is 0. The van der Waals surface area contributed by atoms with Crippen molar-refractivity contribution in [3.63, 3.8) is 0 Å². The Morgan fingerprint density at radius 1 is 1.60 bits per heavy atom. The normalized spacial score (nSPS) is 27.3. The number of aliphatic imine (C=N–C) groups is 1. The van der Waals surface area contributed by atoms with Crippen molar-refractivity contribution in [1.29, 1.82) is 0 Å². The summed E-state index contributed by atoms with van der Waals surface area (Å²) < 4.78 is 0. The van der Waals surface area contributed by atoms with Gasteiger partial charge in [-0.15, -0.1) is 11.8 Å². The van der Waals surface area contributed by atoms with Crippen molar-refractivity contribution in [1.82, 2.24) is 0 Å². The van der Waals surface area contributed by atoms with E-state index in [1.54, 1.807) is 11.8 Å². The van der Waals surface area contributed by atoms with Crippen molar-refractivity contribution in [2.24, 2.45) is 4.99 Å². The van der Waals surface area contributed by atoms with E-state index in [4.69, 9.17) is 5.11 Å². The Bertz CT molecular complexity index is 136. The minimum atomic E-state index is 0.308. The molecular weight excluding hydrogens is 146 g/mol. The summed E-state index contributed by atoms with van der Waals surface area (Å²) in [5, 5.41) is 9.44. The summed E-state index contributed by atoms with van der Waals surface area (Å²) in [6.45, 7) is 0. The quantitative estimate of drug-likeness (QED) is 0.636. The highest BCUT2D eigenvalue weighted by molar-refractivity contribution is 7.99. The van der Waals surface area contributed by atoms with Gasteiger partial charge < -0.3 is 5.11 Å². The molecule has 0 fully saturated rings. The molecule has 1 heterocycles. The van der Waals surface area contributed by atoms with E-state index < -0.39 is 0 Å². The van der Waals surface area contributed by atoms with Gasteiger partial charge in [0, 0.05) is 6.42 Å². The van der Waals surface area contributed by atoms with Crippen molar-refractivity contribution < 1.29 is 5.11 Å². The van der Waals surface area contributed by atoms with Crippen LogP contribution in [0.3, 0.4) is 0 Å². The largest absolute Gasteiger partial charge is 0.497 e. The van der Waals surface area contributed by atoms with Gasteiger partial charge in [-0.3, -0.25) is 0 Å². The van der Waals surface area contributed by atoms with Crippen LogP contribution in [0.1, 0.15) is 25.7 Å². The maximum Gasteiger partial charge on any atom is 0.181 e. The van der Waals surface area contributed by atoms with Crippen LogP contribution in [-0.2, 0) is 0 Å². The molecule has 0 saturated heterocycles. The monoisotopic (exact) mass is 159 g/mol. The molecular formula is C7H13NOS. The molecule has 0 spiro atoms. The molecule has 3 heteroatoms. The molecule has 0 bridgehead atoms. The van der Waals surface area contributed by atoms with Crippen LogP contribution in [0.2, 0.25) is 0 Å². The summed E-state index contributed by atoms with van der Waals surface area (Å²) in [4.78, 5) is 4.13. The topological polar surface area (TPSA) is 32.6 Å². The molecule has 0 aromatic rings. The van der Waals surface area contributed by atoms with E-state index >= 15 is 0 Å². The molecule has 58 valence electrons. The van der Waals surface area contributed by atoms with E-state index in [0.717, 1.165) is 19.3 Å². The summed E-state index contributed by atoms with van der Waals surface area (Å²) in [6.07, 6.45) is 6.21. The van der Waals surface area contributed by atoms with Crippen LogP contribution < -0.4 is 0 Å². The molecule has 0 aromatic carbocycles. The second-order valence-corrected chi connectivity index (χ2v) is 3.50. The van der Waals surface area contributed by atoms with E-state index in [0.29, 0.717) is 11.3 Å². The second-order valence-electron chi connectivity index (χ2n) is 2.48. The lowest BCUT2D eigenvalue weighted by atomic mass is 10.2. The third kappa shape index (κ3) is 2.21. The average Bonchev–Trinajstić information content (AvgIpc) is 2.13. The van der Waals surface area contributed by atoms with Crippen LogP contribution in [-0.4, -0.2) is 22.6 Å². The molecule has 0 amide bonds. The Hall–Kier alpha value is -0.180. The minimum absolute atomic E-state index is 0.308. The molecule has 10 heavy (non-hydrogen) atoms. The van der Waals surface area contributed by atoms with E-state index in [9.17, 15) is 0 Å². The van der Waals surface area contributed by atoms with Gasteiger partial charge in [-0.05, 0) is 25.5 Å². The lowest BCUT2D eigenvalue weighted by Gasteiger charge is -2.04. The SMILES string of the molecule is CS[C@H]1CCCCC(O)=N1. The number of rotatable bonds is 1. The molecule has 0 aromatic heterocycles. The third-order valence-electron chi connectivity index (χ3n) is 1.67. The van der Waals surface area contributed by atoms with Crippen molar-refractivity contribution in [2.45, 2.75) is 31.1 Å². The minimum Gasteiger partial charge on any atom is -0.497 e. The zero-order chi connectivity index (χ0) is 7.40. The lowest BCUT2D eigenvalue weighted by Crippen LogP contribution is -1.99. The van der Waals surface area contributed by atoms with Gasteiger partial charge >= 0.3 is 0 Å². The van der Waals surface area contributed by atoms with Gasteiger partial charge in [0.05, 0.1) is 5.37 Å². The molecule has 0 aliphatic carbocycles. The standard InChI is InChI=1S/C7H13NOS/c1-10-7-5-3-2-4-6(9)8-7/h7H,2-5H2,1H3,(H,8,9)/t7-/m0/s1. The lowest BCUT2D eigenvalue weighted by molar-refractivity contribution is 0.526. The van der Waals surface area contributed by atoms with Crippen molar-refractivity contribution >= 4 is 17.7 Å². The molecule has 0 unspecified atom stereocenters. The first-order valence-electron chi connectivity index (χ1n) is 3.61. The fourth-order valence-corrected chi connectivity index (χ4v) is 1.70. The molecule has 1 rings (SSSR count). The molecule has 0 saturated carbocycles. The summed E-state index contributed by atoms with van der Waals surface area (Å²) in [5.74, 6) is 0.344. The fourth-order valence-electron chi connectivity index (χ4n) is 1.07. The predicted octanol–water partition coefficient (Wildman–Crippen LogP) is 2.21. The smallest absolute Gasteiger partial charge is 0.181 e. The molecule has 1 aliphatic heterocycles. The summed E-state index contributed by atoms with van der Waals surface area (Å²) in [7, 11) is 0. The Morgan fingerprint density at radius 2 is 2.40 bits per heavy atom. The van der Waals surface area contributed by atoms with Crippen LogP contribution in [0, 0.1) is 0 Å². The maximum atomic E-state index is 9.13. The first kappa shape index (κ1) is 7.92. The number of aliphatic hydroxyl groups excluding tert-OH is 1. The van der Waals surface area contributed by atoms with Crippen LogP contribution in [0.15, 0.2) is 4.99 Å². The highest BCUT2D eigenvalue weighted by atomic mass is 32.2. The van der Waals surface area contributed by atoms with Crippen molar-refractivity contribution in [2.75, 3.05) is 6.26 Å². The Kier molecular flexibility index (Phi) is 3.06. The highest BCUT2D eigenvalue weighted by Crippen LogP contribution is 2.19. The Morgan fingerprint density at radius 3 is 3.10 bits per heavy atom. The third-order valence-corrected chi connectivity index (χ3v) is 2.55.